The highest BCUT2D eigenvalue weighted by Crippen LogP contribution is 2.37. The summed E-state index contributed by atoms with van der Waals surface area (Å²) in [6, 6.07) is 10.2. The van der Waals surface area contributed by atoms with Crippen molar-refractivity contribution in [3.8, 4) is 0 Å². The summed E-state index contributed by atoms with van der Waals surface area (Å²) in [4.78, 5) is 0. The van der Waals surface area contributed by atoms with Gasteiger partial charge in [-0.15, -0.1) is 0 Å². The van der Waals surface area contributed by atoms with E-state index in [9.17, 15) is 0 Å². The van der Waals surface area contributed by atoms with E-state index in [4.69, 9.17) is 9.47 Å². The summed E-state index contributed by atoms with van der Waals surface area (Å²) in [5.74, 6) is -0.468. The van der Waals surface area contributed by atoms with Crippen LogP contribution in [0.1, 0.15) is 26.3 Å². The summed E-state index contributed by atoms with van der Waals surface area (Å²) >= 11 is 0. The van der Waals surface area contributed by atoms with Crippen molar-refractivity contribution in [2.45, 2.75) is 32.2 Å². The van der Waals surface area contributed by atoms with Crippen molar-refractivity contribution >= 4 is 0 Å². The molecule has 1 unspecified atom stereocenters. The molecule has 0 spiro atoms. The van der Waals surface area contributed by atoms with Crippen molar-refractivity contribution in [1.82, 2.24) is 0 Å². The molecule has 2 heteroatoms. The van der Waals surface area contributed by atoms with E-state index in [0.717, 1.165) is 0 Å². The Hall–Kier alpha value is -0.860. The van der Waals surface area contributed by atoms with Crippen LogP contribution < -0.4 is 0 Å². The van der Waals surface area contributed by atoms with Crippen LogP contribution in [0.4, 0.5) is 0 Å². The molecule has 1 saturated heterocycles. The normalized spacial score (nSPS) is 30.5. The van der Waals surface area contributed by atoms with Gasteiger partial charge in [-0.2, -0.15) is 0 Å². The summed E-state index contributed by atoms with van der Waals surface area (Å²) in [5, 5.41) is 0. The second-order valence-electron chi connectivity index (χ2n) is 4.39. The fraction of sp³-hybridized carbons (Fsp3) is 0.500. The standard InChI is InChI=1S/C12H16O2/c1-11(2)13-9-12(3,14-11)10-7-5-4-6-8-10/h4-8H,9H2,1-3H3. The highest BCUT2D eigenvalue weighted by molar-refractivity contribution is 5.22. The van der Waals surface area contributed by atoms with Crippen LogP contribution in [0.3, 0.4) is 0 Å². The van der Waals surface area contributed by atoms with Gasteiger partial charge in [0.25, 0.3) is 0 Å². The molecule has 0 N–H and O–H groups in total. The molecule has 1 heterocycles. The SMILES string of the molecule is CC1(C)OCC(C)(c2ccccc2)O1. The number of hydrogen-bond donors (Lipinski definition) is 0. The molecule has 14 heavy (non-hydrogen) atoms. The van der Waals surface area contributed by atoms with Crippen LogP contribution in [0, 0.1) is 0 Å². The van der Waals surface area contributed by atoms with Gasteiger partial charge < -0.3 is 9.47 Å². The minimum Gasteiger partial charge on any atom is -0.347 e. The molecule has 0 saturated carbocycles. The third-order valence-corrected chi connectivity index (χ3v) is 2.55. The molecule has 1 fully saturated rings. The maximum atomic E-state index is 5.90. The topological polar surface area (TPSA) is 18.5 Å². The van der Waals surface area contributed by atoms with Gasteiger partial charge in [0.1, 0.15) is 5.60 Å². The van der Waals surface area contributed by atoms with Gasteiger partial charge in [-0.05, 0) is 26.3 Å². The van der Waals surface area contributed by atoms with E-state index >= 15 is 0 Å². The zero-order chi connectivity index (χ0) is 10.2. The number of hydrogen-bond acceptors (Lipinski definition) is 2. The van der Waals surface area contributed by atoms with E-state index in [2.05, 4.69) is 19.1 Å². The van der Waals surface area contributed by atoms with Crippen molar-refractivity contribution in [3.63, 3.8) is 0 Å². The molecule has 0 amide bonds. The van der Waals surface area contributed by atoms with Crippen LogP contribution in [0.25, 0.3) is 0 Å². The Morgan fingerprint density at radius 1 is 1.07 bits per heavy atom. The number of benzene rings is 1. The van der Waals surface area contributed by atoms with E-state index in [1.807, 2.05) is 32.0 Å². The zero-order valence-corrected chi connectivity index (χ0v) is 8.91. The third-order valence-electron chi connectivity index (χ3n) is 2.55. The first-order valence-electron chi connectivity index (χ1n) is 4.92. The van der Waals surface area contributed by atoms with Crippen molar-refractivity contribution < 1.29 is 9.47 Å². The lowest BCUT2D eigenvalue weighted by atomic mass is 9.97. The lowest BCUT2D eigenvalue weighted by Gasteiger charge is -2.25. The number of rotatable bonds is 1. The van der Waals surface area contributed by atoms with Crippen LogP contribution >= 0.6 is 0 Å². The minimum absolute atomic E-state index is 0.301. The first-order chi connectivity index (χ1) is 6.52. The smallest absolute Gasteiger partial charge is 0.164 e. The molecule has 1 aliphatic heterocycles. The summed E-state index contributed by atoms with van der Waals surface area (Å²) in [5.41, 5.74) is 0.871. The fourth-order valence-electron chi connectivity index (χ4n) is 1.85. The van der Waals surface area contributed by atoms with Crippen molar-refractivity contribution in [3.05, 3.63) is 35.9 Å². The Morgan fingerprint density at radius 3 is 2.21 bits per heavy atom. The molecular formula is C12H16O2. The van der Waals surface area contributed by atoms with Gasteiger partial charge in [0, 0.05) is 0 Å². The average molecular weight is 192 g/mol. The molecule has 76 valence electrons. The van der Waals surface area contributed by atoms with Gasteiger partial charge in [0.05, 0.1) is 6.61 Å². The van der Waals surface area contributed by atoms with Crippen molar-refractivity contribution in [1.29, 1.82) is 0 Å². The first kappa shape index (κ1) is 9.69. The molecule has 0 radical (unpaired) electrons. The second kappa shape index (κ2) is 3.07. The maximum Gasteiger partial charge on any atom is 0.164 e. The first-order valence-corrected chi connectivity index (χ1v) is 4.92. The Kier molecular flexibility index (Phi) is 2.13. The van der Waals surface area contributed by atoms with Crippen LogP contribution in [-0.2, 0) is 15.1 Å². The molecule has 0 aromatic heterocycles. The lowest BCUT2D eigenvalue weighted by Crippen LogP contribution is -2.28. The Morgan fingerprint density at radius 2 is 1.71 bits per heavy atom. The molecular weight excluding hydrogens is 176 g/mol. The molecule has 1 atom stereocenters. The quantitative estimate of drug-likeness (QED) is 0.681. The zero-order valence-electron chi connectivity index (χ0n) is 8.91. The largest absolute Gasteiger partial charge is 0.347 e. The summed E-state index contributed by atoms with van der Waals surface area (Å²) < 4.78 is 11.5. The summed E-state index contributed by atoms with van der Waals surface area (Å²) in [6.07, 6.45) is 0. The summed E-state index contributed by atoms with van der Waals surface area (Å²) in [6.45, 7) is 6.57. The second-order valence-corrected chi connectivity index (χ2v) is 4.39. The Balaban J connectivity index is 2.27. The van der Waals surface area contributed by atoms with E-state index in [1.165, 1.54) is 5.56 Å². The third kappa shape index (κ3) is 1.68. The summed E-state index contributed by atoms with van der Waals surface area (Å²) in [7, 11) is 0. The minimum atomic E-state index is -0.468. The molecule has 1 aromatic rings. The van der Waals surface area contributed by atoms with E-state index in [0.29, 0.717) is 6.61 Å². The van der Waals surface area contributed by atoms with Gasteiger partial charge in [-0.1, -0.05) is 30.3 Å². The van der Waals surface area contributed by atoms with Crippen LogP contribution in [-0.4, -0.2) is 12.4 Å². The van der Waals surface area contributed by atoms with Crippen molar-refractivity contribution in [2.24, 2.45) is 0 Å². The van der Waals surface area contributed by atoms with Crippen LogP contribution in [0.15, 0.2) is 30.3 Å². The van der Waals surface area contributed by atoms with Crippen molar-refractivity contribution in [2.75, 3.05) is 6.61 Å². The van der Waals surface area contributed by atoms with Gasteiger partial charge >= 0.3 is 0 Å². The highest BCUT2D eigenvalue weighted by Gasteiger charge is 2.42. The Bertz CT molecular complexity index is 318. The van der Waals surface area contributed by atoms with E-state index < -0.39 is 5.79 Å². The molecule has 1 aromatic carbocycles. The van der Waals surface area contributed by atoms with Crippen LogP contribution in [0.2, 0.25) is 0 Å². The van der Waals surface area contributed by atoms with E-state index in [-0.39, 0.29) is 5.60 Å². The van der Waals surface area contributed by atoms with Gasteiger partial charge in [-0.3, -0.25) is 0 Å². The monoisotopic (exact) mass is 192 g/mol. The molecule has 0 aliphatic carbocycles. The number of ether oxygens (including phenoxy) is 2. The fourth-order valence-corrected chi connectivity index (χ4v) is 1.85. The van der Waals surface area contributed by atoms with Crippen LogP contribution in [0.5, 0.6) is 0 Å². The predicted molar refractivity (Wildman–Crippen MR) is 54.9 cm³/mol. The maximum absolute atomic E-state index is 5.90. The molecule has 2 rings (SSSR count). The van der Waals surface area contributed by atoms with Gasteiger partial charge in [0.2, 0.25) is 0 Å². The average Bonchev–Trinajstić information content (AvgIpc) is 2.44. The van der Waals surface area contributed by atoms with Gasteiger partial charge in [-0.25, -0.2) is 0 Å². The van der Waals surface area contributed by atoms with E-state index in [1.54, 1.807) is 0 Å². The molecule has 1 aliphatic rings. The Labute approximate surface area is 84.8 Å². The van der Waals surface area contributed by atoms with Gasteiger partial charge in [0.15, 0.2) is 5.79 Å². The molecule has 0 bridgehead atoms. The highest BCUT2D eigenvalue weighted by atomic mass is 16.8. The lowest BCUT2D eigenvalue weighted by molar-refractivity contribution is -0.159. The molecule has 2 nitrogen and oxygen atoms in total. The predicted octanol–water partition coefficient (Wildman–Crippen LogP) is 2.68.